The highest BCUT2D eigenvalue weighted by Crippen LogP contribution is 2.47. The molecular weight excluding hydrogens is 340 g/mol. The lowest BCUT2D eigenvalue weighted by atomic mass is 9.82. The number of nitrogens with one attached hydrogen (secondary N) is 1. The summed E-state index contributed by atoms with van der Waals surface area (Å²) < 4.78 is 11.7. The van der Waals surface area contributed by atoms with Crippen molar-refractivity contribution in [3.63, 3.8) is 0 Å². The highest BCUT2D eigenvalue weighted by Gasteiger charge is 2.53. The van der Waals surface area contributed by atoms with Crippen molar-refractivity contribution in [1.29, 1.82) is 0 Å². The fraction of sp³-hybridized carbons (Fsp3) is 0.952. The van der Waals surface area contributed by atoms with E-state index >= 15 is 0 Å². The van der Waals surface area contributed by atoms with E-state index in [1.54, 1.807) is 0 Å². The van der Waals surface area contributed by atoms with Gasteiger partial charge >= 0.3 is 0 Å². The summed E-state index contributed by atoms with van der Waals surface area (Å²) in [7, 11) is 1.83. The lowest BCUT2D eigenvalue weighted by Gasteiger charge is -2.42. The first kappa shape index (κ1) is 19.5. The van der Waals surface area contributed by atoms with Crippen LogP contribution in [0.2, 0.25) is 0 Å². The lowest BCUT2D eigenvalue weighted by molar-refractivity contribution is 0.00902. The fourth-order valence-corrected chi connectivity index (χ4v) is 5.62. The van der Waals surface area contributed by atoms with Gasteiger partial charge in [0.25, 0.3) is 0 Å². The van der Waals surface area contributed by atoms with Crippen LogP contribution in [0.3, 0.4) is 0 Å². The highest BCUT2D eigenvalue weighted by molar-refractivity contribution is 5.80. The number of hydrogen-bond acceptors (Lipinski definition) is 4. The Labute approximate surface area is 164 Å². The molecule has 4 unspecified atom stereocenters. The first-order valence-corrected chi connectivity index (χ1v) is 11.0. The van der Waals surface area contributed by atoms with Crippen molar-refractivity contribution in [1.82, 2.24) is 15.1 Å². The predicted molar refractivity (Wildman–Crippen MR) is 108 cm³/mol. The summed E-state index contributed by atoms with van der Waals surface area (Å²) in [5.41, 5.74) is 0.0805. The molecule has 1 N–H and O–H groups in total. The zero-order valence-corrected chi connectivity index (χ0v) is 17.6. The van der Waals surface area contributed by atoms with Crippen molar-refractivity contribution in [2.45, 2.75) is 70.3 Å². The van der Waals surface area contributed by atoms with E-state index in [-0.39, 0.29) is 5.54 Å². The topological polar surface area (TPSA) is 49.3 Å². The first-order valence-electron chi connectivity index (χ1n) is 11.0. The third-order valence-electron chi connectivity index (χ3n) is 7.33. The third kappa shape index (κ3) is 3.85. The maximum atomic E-state index is 6.13. The van der Waals surface area contributed by atoms with Gasteiger partial charge in [0.2, 0.25) is 0 Å². The Morgan fingerprint density at radius 3 is 2.30 bits per heavy atom. The van der Waals surface area contributed by atoms with Crippen LogP contribution in [0, 0.1) is 11.8 Å². The normalized spacial score (nSPS) is 35.1. The number of nitrogens with zero attached hydrogens (tertiary/aromatic N) is 3. The number of aliphatic imine (C=N–C) groups is 1. The molecule has 0 spiro atoms. The molecule has 2 bridgehead atoms. The number of ether oxygens (including phenoxy) is 2. The van der Waals surface area contributed by atoms with E-state index in [4.69, 9.17) is 14.5 Å². The van der Waals surface area contributed by atoms with Crippen LogP contribution in [0.1, 0.15) is 46.5 Å². The predicted octanol–water partition coefficient (Wildman–Crippen LogP) is 1.95. The van der Waals surface area contributed by atoms with Gasteiger partial charge in [-0.05, 0) is 46.5 Å². The van der Waals surface area contributed by atoms with Gasteiger partial charge in [0.05, 0.1) is 24.9 Å². The molecule has 4 rings (SSSR count). The second-order valence-electron chi connectivity index (χ2n) is 9.43. The van der Waals surface area contributed by atoms with E-state index < -0.39 is 0 Å². The number of piperidine rings is 1. The minimum Gasteiger partial charge on any atom is -0.381 e. The third-order valence-corrected chi connectivity index (χ3v) is 7.33. The summed E-state index contributed by atoms with van der Waals surface area (Å²) in [6.45, 7) is 13.0. The molecule has 0 aromatic carbocycles. The SMILES string of the molecule is CCNC(=NCC(C)(C)N1CCC(OC)CC1)N1CC2C3CCC(O3)C2C1. The fourth-order valence-electron chi connectivity index (χ4n) is 5.62. The Kier molecular flexibility index (Phi) is 5.68. The van der Waals surface area contributed by atoms with E-state index in [0.717, 1.165) is 58.1 Å². The standard InChI is InChI=1S/C21H38N4O2/c1-5-22-20(24-12-16-17(13-24)19-7-6-18(16)27-19)23-14-21(2,3)25-10-8-15(26-4)9-11-25/h15-19H,5-14H2,1-4H3,(H,22,23). The van der Waals surface area contributed by atoms with Crippen LogP contribution < -0.4 is 5.32 Å². The second-order valence-corrected chi connectivity index (χ2v) is 9.43. The van der Waals surface area contributed by atoms with Crippen LogP contribution in [0.5, 0.6) is 0 Å². The number of rotatable bonds is 5. The van der Waals surface area contributed by atoms with Crippen molar-refractivity contribution in [3.8, 4) is 0 Å². The summed E-state index contributed by atoms with van der Waals surface area (Å²) in [6, 6.07) is 0. The van der Waals surface area contributed by atoms with Gasteiger partial charge in [-0.25, -0.2) is 0 Å². The number of methoxy groups -OCH3 is 1. The largest absolute Gasteiger partial charge is 0.381 e. The average Bonchev–Trinajstić information content (AvgIpc) is 3.38. The van der Waals surface area contributed by atoms with Gasteiger partial charge < -0.3 is 19.7 Å². The molecule has 4 saturated heterocycles. The van der Waals surface area contributed by atoms with Crippen molar-refractivity contribution in [2.24, 2.45) is 16.8 Å². The summed E-state index contributed by atoms with van der Waals surface area (Å²) in [5, 5.41) is 3.55. The highest BCUT2D eigenvalue weighted by atomic mass is 16.5. The molecule has 4 atom stereocenters. The molecular formula is C21H38N4O2. The minimum atomic E-state index is 0.0805. The molecule has 4 aliphatic heterocycles. The molecule has 0 saturated carbocycles. The molecule has 6 nitrogen and oxygen atoms in total. The first-order chi connectivity index (χ1) is 13.0. The van der Waals surface area contributed by atoms with Crippen molar-refractivity contribution >= 4 is 5.96 Å². The Morgan fingerprint density at radius 2 is 1.74 bits per heavy atom. The average molecular weight is 379 g/mol. The molecule has 6 heteroatoms. The smallest absolute Gasteiger partial charge is 0.194 e. The Balaban J connectivity index is 1.38. The van der Waals surface area contributed by atoms with Crippen molar-refractivity contribution < 1.29 is 9.47 Å². The maximum absolute atomic E-state index is 6.13. The molecule has 154 valence electrons. The van der Waals surface area contributed by atoms with Gasteiger partial charge in [-0.1, -0.05) is 0 Å². The molecule has 0 aromatic heterocycles. The summed E-state index contributed by atoms with van der Waals surface area (Å²) in [5.74, 6) is 2.54. The van der Waals surface area contributed by atoms with E-state index in [0.29, 0.717) is 30.1 Å². The molecule has 4 heterocycles. The summed E-state index contributed by atoms with van der Waals surface area (Å²) in [6.07, 6.45) is 6.22. The minimum absolute atomic E-state index is 0.0805. The van der Waals surface area contributed by atoms with E-state index in [2.05, 4.69) is 35.9 Å². The maximum Gasteiger partial charge on any atom is 0.194 e. The molecule has 0 aromatic rings. The van der Waals surface area contributed by atoms with Crippen molar-refractivity contribution in [2.75, 3.05) is 46.4 Å². The number of guanidine groups is 1. The molecule has 4 fully saturated rings. The molecule has 0 aliphatic carbocycles. The number of hydrogen-bond donors (Lipinski definition) is 1. The summed E-state index contributed by atoms with van der Waals surface area (Å²) in [4.78, 5) is 10.2. The van der Waals surface area contributed by atoms with Gasteiger partial charge in [0.1, 0.15) is 0 Å². The van der Waals surface area contributed by atoms with Crippen LogP contribution in [-0.2, 0) is 9.47 Å². The van der Waals surface area contributed by atoms with E-state index in [9.17, 15) is 0 Å². The van der Waals surface area contributed by atoms with Crippen LogP contribution in [-0.4, -0.2) is 86.0 Å². The van der Waals surface area contributed by atoms with Gasteiger partial charge in [0.15, 0.2) is 5.96 Å². The Hall–Kier alpha value is -0.850. The number of fused-ring (bicyclic) bond motifs is 5. The molecule has 0 radical (unpaired) electrons. The van der Waals surface area contributed by atoms with Crippen LogP contribution in [0.15, 0.2) is 4.99 Å². The zero-order valence-electron chi connectivity index (χ0n) is 17.6. The Morgan fingerprint density at radius 1 is 1.11 bits per heavy atom. The molecule has 27 heavy (non-hydrogen) atoms. The molecule has 4 aliphatic rings. The second kappa shape index (κ2) is 7.88. The van der Waals surface area contributed by atoms with Crippen molar-refractivity contribution in [3.05, 3.63) is 0 Å². The quantitative estimate of drug-likeness (QED) is 0.585. The van der Waals surface area contributed by atoms with Gasteiger partial charge in [-0.3, -0.25) is 9.89 Å². The number of likely N-dealkylation sites (tertiary alicyclic amines) is 2. The zero-order chi connectivity index (χ0) is 19.0. The van der Waals surface area contributed by atoms with Crippen LogP contribution in [0.25, 0.3) is 0 Å². The molecule has 0 amide bonds. The van der Waals surface area contributed by atoms with Gasteiger partial charge in [0, 0.05) is 57.2 Å². The summed E-state index contributed by atoms with van der Waals surface area (Å²) >= 11 is 0. The Bertz CT molecular complexity index is 526. The van der Waals surface area contributed by atoms with Gasteiger partial charge in [-0.15, -0.1) is 0 Å². The van der Waals surface area contributed by atoms with E-state index in [1.807, 2.05) is 7.11 Å². The van der Waals surface area contributed by atoms with Crippen LogP contribution in [0.4, 0.5) is 0 Å². The van der Waals surface area contributed by atoms with Crippen LogP contribution >= 0.6 is 0 Å². The monoisotopic (exact) mass is 378 g/mol. The van der Waals surface area contributed by atoms with E-state index in [1.165, 1.54) is 12.8 Å². The lowest BCUT2D eigenvalue weighted by Crippen LogP contribution is -2.52. The van der Waals surface area contributed by atoms with Gasteiger partial charge in [-0.2, -0.15) is 0 Å².